The van der Waals surface area contributed by atoms with Crippen LogP contribution in [0.1, 0.15) is 51.9 Å². The van der Waals surface area contributed by atoms with Crippen molar-refractivity contribution in [2.75, 3.05) is 19.7 Å². The molecule has 0 aromatic rings. The molecule has 2 aliphatic heterocycles. The highest BCUT2D eigenvalue weighted by atomic mass is 16.5. The number of hydrogen-bond acceptors (Lipinski definition) is 3. The van der Waals surface area contributed by atoms with Gasteiger partial charge in [0.05, 0.1) is 6.10 Å². The Morgan fingerprint density at radius 1 is 1.32 bits per heavy atom. The summed E-state index contributed by atoms with van der Waals surface area (Å²) in [5.74, 6) is -0.0354. The first-order valence-corrected chi connectivity index (χ1v) is 7.76. The monoisotopic (exact) mass is 269 g/mol. The minimum Gasteiger partial charge on any atom is -0.481 e. The van der Waals surface area contributed by atoms with E-state index in [4.69, 9.17) is 9.84 Å². The van der Waals surface area contributed by atoms with E-state index >= 15 is 0 Å². The Kier molecular flexibility index (Phi) is 5.64. The third-order valence-corrected chi connectivity index (χ3v) is 4.73. The Labute approximate surface area is 116 Å². The quantitative estimate of drug-likeness (QED) is 0.833. The lowest BCUT2D eigenvalue weighted by molar-refractivity contribution is -0.137. The first-order chi connectivity index (χ1) is 9.19. The first-order valence-electron chi connectivity index (χ1n) is 7.76. The van der Waals surface area contributed by atoms with Gasteiger partial charge in [0.25, 0.3) is 0 Å². The minimum absolute atomic E-state index is 0.333. The van der Waals surface area contributed by atoms with Crippen molar-refractivity contribution in [2.45, 2.75) is 64.0 Å². The van der Waals surface area contributed by atoms with Gasteiger partial charge >= 0.3 is 5.97 Å². The SMILES string of the molecule is CCC1CC(N2CCC(CCC(=O)O)CC2)CCO1. The summed E-state index contributed by atoms with van der Waals surface area (Å²) in [6.07, 6.45) is 7.43. The van der Waals surface area contributed by atoms with E-state index in [1.54, 1.807) is 0 Å². The topological polar surface area (TPSA) is 49.8 Å². The van der Waals surface area contributed by atoms with E-state index in [2.05, 4.69) is 11.8 Å². The number of carbonyl (C=O) groups is 1. The second-order valence-corrected chi connectivity index (χ2v) is 5.99. The predicted octanol–water partition coefficient (Wildman–Crippen LogP) is 2.52. The molecule has 0 aliphatic carbocycles. The Balaban J connectivity index is 1.72. The van der Waals surface area contributed by atoms with E-state index in [0.717, 1.165) is 39.0 Å². The third-order valence-electron chi connectivity index (χ3n) is 4.73. The van der Waals surface area contributed by atoms with Gasteiger partial charge in [0.2, 0.25) is 0 Å². The van der Waals surface area contributed by atoms with Crippen LogP contribution in [0.25, 0.3) is 0 Å². The molecule has 0 aromatic carbocycles. The first kappa shape index (κ1) is 14.8. The molecule has 2 aliphatic rings. The summed E-state index contributed by atoms with van der Waals surface area (Å²) in [5, 5.41) is 8.73. The summed E-state index contributed by atoms with van der Waals surface area (Å²) in [6, 6.07) is 0.694. The van der Waals surface area contributed by atoms with Crippen molar-refractivity contribution in [1.82, 2.24) is 4.90 Å². The second-order valence-electron chi connectivity index (χ2n) is 5.99. The fourth-order valence-corrected chi connectivity index (χ4v) is 3.41. The molecule has 2 rings (SSSR count). The standard InChI is InChI=1S/C15H27NO3/c1-2-14-11-13(7-10-19-14)16-8-5-12(6-9-16)3-4-15(17)18/h12-14H,2-11H2,1H3,(H,17,18). The van der Waals surface area contributed by atoms with Crippen LogP contribution in [0.2, 0.25) is 0 Å². The summed E-state index contributed by atoms with van der Waals surface area (Å²) >= 11 is 0. The second kappa shape index (κ2) is 7.25. The number of piperidine rings is 1. The lowest BCUT2D eigenvalue weighted by Crippen LogP contribution is -2.46. The average molecular weight is 269 g/mol. The van der Waals surface area contributed by atoms with E-state index in [-0.39, 0.29) is 0 Å². The van der Waals surface area contributed by atoms with Crippen molar-refractivity contribution in [3.05, 3.63) is 0 Å². The molecule has 0 amide bonds. The van der Waals surface area contributed by atoms with Gasteiger partial charge in [-0.05, 0) is 57.5 Å². The fraction of sp³-hybridized carbons (Fsp3) is 0.933. The van der Waals surface area contributed by atoms with Gasteiger partial charge in [0, 0.05) is 19.1 Å². The van der Waals surface area contributed by atoms with Crippen molar-refractivity contribution in [3.8, 4) is 0 Å². The molecule has 0 spiro atoms. The van der Waals surface area contributed by atoms with Gasteiger partial charge in [0.15, 0.2) is 0 Å². The molecular weight excluding hydrogens is 242 g/mol. The lowest BCUT2D eigenvalue weighted by Gasteiger charge is -2.41. The van der Waals surface area contributed by atoms with Crippen LogP contribution < -0.4 is 0 Å². The molecule has 19 heavy (non-hydrogen) atoms. The Bertz CT molecular complexity index is 287. The highest BCUT2D eigenvalue weighted by Gasteiger charge is 2.29. The van der Waals surface area contributed by atoms with Crippen molar-refractivity contribution < 1.29 is 14.6 Å². The molecule has 2 heterocycles. The van der Waals surface area contributed by atoms with Crippen LogP contribution in [0.3, 0.4) is 0 Å². The molecule has 0 bridgehead atoms. The fourth-order valence-electron chi connectivity index (χ4n) is 3.41. The molecule has 1 N–H and O–H groups in total. The maximum Gasteiger partial charge on any atom is 0.303 e. The highest BCUT2D eigenvalue weighted by molar-refractivity contribution is 5.66. The van der Waals surface area contributed by atoms with Crippen LogP contribution in [0.4, 0.5) is 0 Å². The number of carboxylic acids is 1. The van der Waals surface area contributed by atoms with Crippen molar-refractivity contribution in [3.63, 3.8) is 0 Å². The number of rotatable bonds is 5. The molecule has 2 atom stereocenters. The maximum atomic E-state index is 10.6. The van der Waals surface area contributed by atoms with Crippen LogP contribution in [0, 0.1) is 5.92 Å². The summed E-state index contributed by atoms with van der Waals surface area (Å²) in [7, 11) is 0. The van der Waals surface area contributed by atoms with Crippen molar-refractivity contribution in [2.24, 2.45) is 5.92 Å². The maximum absolute atomic E-state index is 10.6. The van der Waals surface area contributed by atoms with Crippen molar-refractivity contribution in [1.29, 1.82) is 0 Å². The van der Waals surface area contributed by atoms with Gasteiger partial charge in [-0.3, -0.25) is 4.79 Å². The minimum atomic E-state index is -0.655. The van der Waals surface area contributed by atoms with Crippen LogP contribution in [-0.2, 0) is 9.53 Å². The predicted molar refractivity (Wildman–Crippen MR) is 74.2 cm³/mol. The van der Waals surface area contributed by atoms with Gasteiger partial charge in [-0.15, -0.1) is 0 Å². The van der Waals surface area contributed by atoms with Gasteiger partial charge < -0.3 is 14.7 Å². The van der Waals surface area contributed by atoms with Gasteiger partial charge in [-0.25, -0.2) is 0 Å². The van der Waals surface area contributed by atoms with E-state index < -0.39 is 5.97 Å². The van der Waals surface area contributed by atoms with E-state index in [0.29, 0.717) is 24.5 Å². The smallest absolute Gasteiger partial charge is 0.303 e. The van der Waals surface area contributed by atoms with E-state index in [9.17, 15) is 4.79 Å². The summed E-state index contributed by atoms with van der Waals surface area (Å²) in [6.45, 7) is 5.39. The molecule has 4 heteroatoms. The van der Waals surface area contributed by atoms with Crippen LogP contribution >= 0.6 is 0 Å². The molecule has 110 valence electrons. The van der Waals surface area contributed by atoms with Gasteiger partial charge in [-0.2, -0.15) is 0 Å². The normalized spacial score (nSPS) is 30.4. The summed E-state index contributed by atoms with van der Waals surface area (Å²) in [4.78, 5) is 13.2. The Morgan fingerprint density at radius 2 is 2.05 bits per heavy atom. The number of likely N-dealkylation sites (tertiary alicyclic amines) is 1. The van der Waals surface area contributed by atoms with Crippen LogP contribution in [0.15, 0.2) is 0 Å². The molecule has 2 fully saturated rings. The zero-order chi connectivity index (χ0) is 13.7. The Hall–Kier alpha value is -0.610. The molecule has 0 saturated carbocycles. The van der Waals surface area contributed by atoms with Crippen LogP contribution in [-0.4, -0.2) is 47.8 Å². The van der Waals surface area contributed by atoms with Gasteiger partial charge in [0.1, 0.15) is 0 Å². The number of aliphatic carboxylic acids is 1. The summed E-state index contributed by atoms with van der Waals surface area (Å²) in [5.41, 5.74) is 0. The molecule has 0 radical (unpaired) electrons. The zero-order valence-corrected chi connectivity index (χ0v) is 12.0. The van der Waals surface area contributed by atoms with Crippen LogP contribution in [0.5, 0.6) is 0 Å². The van der Waals surface area contributed by atoms with E-state index in [1.165, 1.54) is 19.3 Å². The zero-order valence-electron chi connectivity index (χ0n) is 12.0. The molecule has 4 nitrogen and oxygen atoms in total. The summed E-state index contributed by atoms with van der Waals surface area (Å²) < 4.78 is 5.74. The lowest BCUT2D eigenvalue weighted by atomic mass is 9.90. The van der Waals surface area contributed by atoms with Gasteiger partial charge in [-0.1, -0.05) is 6.92 Å². The molecule has 0 aromatic heterocycles. The van der Waals surface area contributed by atoms with Crippen molar-refractivity contribution >= 4 is 5.97 Å². The number of ether oxygens (including phenoxy) is 1. The number of carboxylic acid groups (broad SMARTS) is 1. The largest absolute Gasteiger partial charge is 0.481 e. The average Bonchev–Trinajstić information content (AvgIpc) is 2.45. The third kappa shape index (κ3) is 4.46. The number of hydrogen-bond donors (Lipinski definition) is 1. The molecular formula is C15H27NO3. The molecule has 2 saturated heterocycles. The number of nitrogens with zero attached hydrogens (tertiary/aromatic N) is 1. The Morgan fingerprint density at radius 3 is 2.68 bits per heavy atom. The van der Waals surface area contributed by atoms with E-state index in [1.807, 2.05) is 0 Å². The molecule has 2 unspecified atom stereocenters. The highest BCUT2D eigenvalue weighted by Crippen LogP contribution is 2.27.